The molecule has 0 aromatic heterocycles. The molecule has 1 aliphatic carbocycles. The van der Waals surface area contributed by atoms with Crippen molar-refractivity contribution in [1.29, 1.82) is 0 Å². The van der Waals surface area contributed by atoms with Gasteiger partial charge in [-0.15, -0.1) is 30.6 Å². The molecule has 150 valence electrons. The molecule has 26 heavy (non-hydrogen) atoms. The first kappa shape index (κ1) is 23.2. The van der Waals surface area contributed by atoms with Crippen molar-refractivity contribution in [2.75, 3.05) is 47.3 Å². The van der Waals surface area contributed by atoms with Gasteiger partial charge in [-0.25, -0.2) is 0 Å². The molecule has 0 unspecified atom stereocenters. The summed E-state index contributed by atoms with van der Waals surface area (Å²) in [4.78, 5) is 21.2. The molecule has 1 aliphatic heterocycles. The number of hydrogen-bond acceptors (Lipinski definition) is 3. The van der Waals surface area contributed by atoms with E-state index < -0.39 is 0 Å². The summed E-state index contributed by atoms with van der Waals surface area (Å²) < 4.78 is 0. The number of guanidine groups is 1. The molecule has 0 aromatic rings. The maximum Gasteiger partial charge on any atom is 0.230 e. The monoisotopic (exact) mass is 477 g/mol. The minimum Gasteiger partial charge on any atom is -0.355 e. The molecule has 2 aliphatic rings. The Bertz CT molecular complexity index is 480. The zero-order chi connectivity index (χ0) is 18.3. The number of amides is 1. The second kappa shape index (κ2) is 11.1. The van der Waals surface area contributed by atoms with E-state index in [4.69, 9.17) is 0 Å². The van der Waals surface area contributed by atoms with Gasteiger partial charge >= 0.3 is 0 Å². The molecule has 0 spiro atoms. The molecule has 0 radical (unpaired) electrons. The van der Waals surface area contributed by atoms with Crippen LogP contribution in [0, 0.1) is 5.41 Å². The lowest BCUT2D eigenvalue weighted by Gasteiger charge is -2.34. The first-order chi connectivity index (χ1) is 12.0. The highest BCUT2D eigenvalue weighted by Gasteiger charge is 2.42. The number of carbonyl (C=O) groups excluding carboxylic acids is 1. The van der Waals surface area contributed by atoms with Crippen LogP contribution in [-0.2, 0) is 4.79 Å². The van der Waals surface area contributed by atoms with E-state index in [0.29, 0.717) is 12.6 Å². The highest BCUT2D eigenvalue weighted by Crippen LogP contribution is 2.38. The Morgan fingerprint density at radius 3 is 2.42 bits per heavy atom. The number of likely N-dealkylation sites (tertiary alicyclic amines) is 1. The molecule has 2 rings (SSSR count). The van der Waals surface area contributed by atoms with Gasteiger partial charge in [0, 0.05) is 53.4 Å². The summed E-state index contributed by atoms with van der Waals surface area (Å²) in [6, 6.07) is 0.441. The molecule has 2 fully saturated rings. The van der Waals surface area contributed by atoms with Crippen LogP contribution in [0.5, 0.6) is 0 Å². The van der Waals surface area contributed by atoms with Gasteiger partial charge in [-0.2, -0.15) is 0 Å². The van der Waals surface area contributed by atoms with Crippen molar-refractivity contribution in [3.05, 3.63) is 12.7 Å². The number of halogens is 1. The van der Waals surface area contributed by atoms with E-state index in [-0.39, 0.29) is 35.3 Å². The van der Waals surface area contributed by atoms with Crippen LogP contribution in [0.3, 0.4) is 0 Å². The SMILES string of the molecule is C=CCN1CCC(NC(=NC)NCC2(C(=O)N(C)C)CCCC2)CC1.I. The predicted octanol–water partition coefficient (Wildman–Crippen LogP) is 2.07. The van der Waals surface area contributed by atoms with Crippen molar-refractivity contribution < 1.29 is 4.79 Å². The Labute approximate surface area is 175 Å². The maximum atomic E-state index is 12.7. The topological polar surface area (TPSA) is 60.0 Å². The molecule has 2 N–H and O–H groups in total. The molecule has 1 saturated heterocycles. The van der Waals surface area contributed by atoms with Gasteiger partial charge in [-0.1, -0.05) is 18.9 Å². The van der Waals surface area contributed by atoms with E-state index in [1.165, 1.54) is 0 Å². The molecule has 1 amide bonds. The Hall–Kier alpha value is -0.830. The first-order valence-corrected chi connectivity index (χ1v) is 9.53. The number of carbonyl (C=O) groups is 1. The van der Waals surface area contributed by atoms with Gasteiger partial charge in [0.1, 0.15) is 0 Å². The summed E-state index contributed by atoms with van der Waals surface area (Å²) in [5.41, 5.74) is -0.269. The summed E-state index contributed by atoms with van der Waals surface area (Å²) >= 11 is 0. The van der Waals surface area contributed by atoms with E-state index in [2.05, 4.69) is 27.1 Å². The van der Waals surface area contributed by atoms with Crippen LogP contribution in [-0.4, -0.2) is 75.0 Å². The Balaban J connectivity index is 0.00000338. The normalized spacial score (nSPS) is 21.0. The van der Waals surface area contributed by atoms with E-state index >= 15 is 0 Å². The molecule has 6 nitrogen and oxygen atoms in total. The summed E-state index contributed by atoms with van der Waals surface area (Å²) in [7, 11) is 5.51. The third-order valence-corrected chi connectivity index (χ3v) is 5.55. The van der Waals surface area contributed by atoms with Crippen LogP contribution in [0.2, 0.25) is 0 Å². The van der Waals surface area contributed by atoms with Crippen molar-refractivity contribution in [1.82, 2.24) is 20.4 Å². The van der Waals surface area contributed by atoms with Crippen molar-refractivity contribution in [2.24, 2.45) is 10.4 Å². The lowest BCUT2D eigenvalue weighted by Crippen LogP contribution is -2.52. The fourth-order valence-electron chi connectivity index (χ4n) is 4.08. The maximum absolute atomic E-state index is 12.7. The molecule has 1 saturated carbocycles. The minimum atomic E-state index is -0.269. The number of piperidine rings is 1. The van der Waals surface area contributed by atoms with Crippen molar-refractivity contribution in [2.45, 2.75) is 44.6 Å². The summed E-state index contributed by atoms with van der Waals surface area (Å²) in [6.07, 6.45) is 8.38. The van der Waals surface area contributed by atoms with Gasteiger partial charge < -0.3 is 15.5 Å². The van der Waals surface area contributed by atoms with Gasteiger partial charge in [-0.3, -0.25) is 14.7 Å². The van der Waals surface area contributed by atoms with Gasteiger partial charge in [-0.05, 0) is 25.7 Å². The number of nitrogens with one attached hydrogen (secondary N) is 2. The summed E-state index contributed by atoms with van der Waals surface area (Å²) in [6.45, 7) is 7.62. The van der Waals surface area contributed by atoms with Gasteiger partial charge in [0.15, 0.2) is 5.96 Å². The zero-order valence-electron chi connectivity index (χ0n) is 16.6. The van der Waals surface area contributed by atoms with Gasteiger partial charge in [0.25, 0.3) is 0 Å². The number of hydrogen-bond donors (Lipinski definition) is 2. The number of aliphatic imine (C=N–C) groups is 1. The predicted molar refractivity (Wildman–Crippen MR) is 119 cm³/mol. The third kappa shape index (κ3) is 6.11. The number of nitrogens with zero attached hydrogens (tertiary/aromatic N) is 3. The lowest BCUT2D eigenvalue weighted by molar-refractivity contribution is -0.138. The van der Waals surface area contributed by atoms with Crippen LogP contribution in [0.1, 0.15) is 38.5 Å². The van der Waals surface area contributed by atoms with E-state index in [0.717, 1.165) is 64.1 Å². The van der Waals surface area contributed by atoms with Gasteiger partial charge in [0.2, 0.25) is 5.91 Å². The van der Waals surface area contributed by atoms with Crippen LogP contribution < -0.4 is 10.6 Å². The molecule has 0 atom stereocenters. The van der Waals surface area contributed by atoms with Crippen LogP contribution >= 0.6 is 24.0 Å². The Morgan fingerprint density at radius 2 is 1.92 bits per heavy atom. The summed E-state index contributed by atoms with van der Waals surface area (Å²) in [5, 5.41) is 6.97. The molecular weight excluding hydrogens is 441 g/mol. The molecule has 0 aromatic carbocycles. The average Bonchev–Trinajstić information content (AvgIpc) is 3.09. The lowest BCUT2D eigenvalue weighted by atomic mass is 9.84. The standard InChI is InChI=1S/C19H35N5O.HI/c1-5-12-24-13-8-16(9-14-24)22-18(20-2)21-15-19(10-6-7-11-19)17(25)23(3)4;/h5,16H,1,6-15H2,2-4H3,(H2,20,21,22);1H. The highest BCUT2D eigenvalue weighted by molar-refractivity contribution is 14.0. The van der Waals surface area contributed by atoms with Crippen molar-refractivity contribution >= 4 is 35.8 Å². The molecule has 1 heterocycles. The Morgan fingerprint density at radius 1 is 1.31 bits per heavy atom. The fourth-order valence-corrected chi connectivity index (χ4v) is 4.08. The fraction of sp³-hybridized carbons (Fsp3) is 0.789. The molecule has 0 bridgehead atoms. The zero-order valence-corrected chi connectivity index (χ0v) is 18.9. The third-order valence-electron chi connectivity index (χ3n) is 5.55. The quantitative estimate of drug-likeness (QED) is 0.266. The smallest absolute Gasteiger partial charge is 0.230 e. The van der Waals surface area contributed by atoms with Crippen LogP contribution in [0.15, 0.2) is 17.6 Å². The first-order valence-electron chi connectivity index (χ1n) is 9.53. The second-order valence-electron chi connectivity index (χ2n) is 7.62. The summed E-state index contributed by atoms with van der Waals surface area (Å²) in [5.74, 6) is 1.06. The molecule has 7 heteroatoms. The van der Waals surface area contributed by atoms with E-state index in [1.807, 2.05) is 20.2 Å². The highest BCUT2D eigenvalue weighted by atomic mass is 127. The van der Waals surface area contributed by atoms with E-state index in [1.54, 1.807) is 11.9 Å². The van der Waals surface area contributed by atoms with Crippen LogP contribution in [0.4, 0.5) is 0 Å². The Kier molecular flexibility index (Phi) is 9.92. The second-order valence-corrected chi connectivity index (χ2v) is 7.62. The van der Waals surface area contributed by atoms with Crippen molar-refractivity contribution in [3.63, 3.8) is 0 Å². The average molecular weight is 477 g/mol. The van der Waals surface area contributed by atoms with Gasteiger partial charge in [0.05, 0.1) is 5.41 Å². The molecular formula is C19H36IN5O. The van der Waals surface area contributed by atoms with E-state index in [9.17, 15) is 4.79 Å². The minimum absolute atomic E-state index is 0. The number of rotatable bonds is 6. The largest absolute Gasteiger partial charge is 0.355 e. The van der Waals surface area contributed by atoms with Crippen LogP contribution in [0.25, 0.3) is 0 Å². The van der Waals surface area contributed by atoms with Crippen molar-refractivity contribution in [3.8, 4) is 0 Å².